The molecule has 0 aliphatic carbocycles. The van der Waals surface area contributed by atoms with Crippen molar-refractivity contribution >= 4 is 40.4 Å². The first-order valence-corrected chi connectivity index (χ1v) is 6.24. The molecule has 0 saturated carbocycles. The van der Waals surface area contributed by atoms with Crippen molar-refractivity contribution in [2.45, 2.75) is 13.0 Å². The molecule has 1 rings (SSSR count). The highest BCUT2D eigenvalue weighted by Crippen LogP contribution is 2.20. The average molecular weight is 286 g/mol. The number of nitrogens with one attached hydrogen (secondary N) is 1. The number of carbonyl (C=O) groups excluding carboxylic acids is 1. The van der Waals surface area contributed by atoms with Crippen molar-refractivity contribution in [3.8, 4) is 0 Å². The van der Waals surface area contributed by atoms with Gasteiger partial charge in [0.15, 0.2) is 0 Å². The maximum atomic E-state index is 11.8. The van der Waals surface area contributed by atoms with E-state index >= 15 is 0 Å². The Balaban J connectivity index is 2.57. The van der Waals surface area contributed by atoms with Crippen LogP contribution in [0.4, 0.5) is 5.69 Å². The lowest BCUT2D eigenvalue weighted by Crippen LogP contribution is -2.43. The SMILES string of the molecule is CC(C(N)=S)N(C)CC(=O)Nc1ccccc1Cl. The molecule has 6 heteroatoms. The highest BCUT2D eigenvalue weighted by molar-refractivity contribution is 7.80. The fourth-order valence-electron chi connectivity index (χ4n) is 1.33. The van der Waals surface area contributed by atoms with Gasteiger partial charge in [-0.1, -0.05) is 36.0 Å². The number of nitrogens with two attached hydrogens (primary N) is 1. The van der Waals surface area contributed by atoms with Crippen molar-refractivity contribution in [3.63, 3.8) is 0 Å². The Hall–Kier alpha value is -1.17. The summed E-state index contributed by atoms with van der Waals surface area (Å²) >= 11 is 10.8. The van der Waals surface area contributed by atoms with Gasteiger partial charge in [-0.3, -0.25) is 9.69 Å². The van der Waals surface area contributed by atoms with Crippen LogP contribution in [0.2, 0.25) is 5.02 Å². The number of likely N-dealkylation sites (N-methyl/N-ethyl adjacent to an activating group) is 1. The third-order valence-electron chi connectivity index (χ3n) is 2.61. The maximum absolute atomic E-state index is 11.8. The molecule has 0 fully saturated rings. The Morgan fingerprint density at radius 3 is 2.72 bits per heavy atom. The molecule has 1 aromatic rings. The zero-order chi connectivity index (χ0) is 13.7. The molecule has 1 amide bonds. The van der Waals surface area contributed by atoms with E-state index in [4.69, 9.17) is 29.6 Å². The van der Waals surface area contributed by atoms with E-state index in [0.29, 0.717) is 15.7 Å². The van der Waals surface area contributed by atoms with Crippen LogP contribution in [0, 0.1) is 0 Å². The van der Waals surface area contributed by atoms with Crippen molar-refractivity contribution in [3.05, 3.63) is 29.3 Å². The van der Waals surface area contributed by atoms with Crippen molar-refractivity contribution in [2.75, 3.05) is 18.9 Å². The molecule has 0 heterocycles. The summed E-state index contributed by atoms with van der Waals surface area (Å²) in [5, 5.41) is 3.25. The molecule has 4 nitrogen and oxygen atoms in total. The topological polar surface area (TPSA) is 58.4 Å². The molecule has 0 radical (unpaired) electrons. The standard InChI is InChI=1S/C12H16ClN3OS/c1-8(12(14)18)16(2)7-11(17)15-10-6-4-3-5-9(10)13/h3-6,8H,7H2,1-2H3,(H2,14,18)(H,15,17). The lowest BCUT2D eigenvalue weighted by molar-refractivity contribution is -0.117. The Morgan fingerprint density at radius 1 is 1.56 bits per heavy atom. The zero-order valence-electron chi connectivity index (χ0n) is 10.3. The Labute approximate surface area is 117 Å². The van der Waals surface area contributed by atoms with Crippen LogP contribution in [-0.2, 0) is 4.79 Å². The second kappa shape index (κ2) is 6.68. The fraction of sp³-hybridized carbons (Fsp3) is 0.333. The highest BCUT2D eigenvalue weighted by atomic mass is 35.5. The summed E-state index contributed by atoms with van der Waals surface area (Å²) in [6.45, 7) is 2.05. The predicted octanol–water partition coefficient (Wildman–Crippen LogP) is 1.88. The number of benzene rings is 1. The van der Waals surface area contributed by atoms with Gasteiger partial charge in [0.2, 0.25) is 5.91 Å². The monoisotopic (exact) mass is 285 g/mol. The summed E-state index contributed by atoms with van der Waals surface area (Å²) in [6, 6.07) is 6.95. The van der Waals surface area contributed by atoms with Crippen molar-refractivity contribution < 1.29 is 4.79 Å². The van der Waals surface area contributed by atoms with Crippen molar-refractivity contribution in [1.82, 2.24) is 4.90 Å². The van der Waals surface area contributed by atoms with Crippen LogP contribution in [0.25, 0.3) is 0 Å². The number of amides is 1. The van der Waals surface area contributed by atoms with Crippen LogP contribution in [0.1, 0.15) is 6.92 Å². The number of thiocarbonyl (C=S) groups is 1. The maximum Gasteiger partial charge on any atom is 0.238 e. The first-order valence-electron chi connectivity index (χ1n) is 5.45. The normalized spacial score (nSPS) is 12.2. The number of hydrogen-bond acceptors (Lipinski definition) is 3. The van der Waals surface area contributed by atoms with Gasteiger partial charge in [0.05, 0.1) is 28.3 Å². The minimum Gasteiger partial charge on any atom is -0.392 e. The first-order chi connectivity index (χ1) is 8.41. The van der Waals surface area contributed by atoms with Gasteiger partial charge in [-0.05, 0) is 26.1 Å². The molecule has 98 valence electrons. The van der Waals surface area contributed by atoms with Crippen LogP contribution in [-0.4, -0.2) is 35.4 Å². The minimum absolute atomic E-state index is 0.128. The molecule has 1 atom stereocenters. The van der Waals surface area contributed by atoms with E-state index in [9.17, 15) is 4.79 Å². The van der Waals surface area contributed by atoms with E-state index in [1.165, 1.54) is 0 Å². The number of carbonyl (C=O) groups is 1. The van der Waals surface area contributed by atoms with Gasteiger partial charge in [-0.25, -0.2) is 0 Å². The van der Waals surface area contributed by atoms with Crippen molar-refractivity contribution in [2.24, 2.45) is 5.73 Å². The van der Waals surface area contributed by atoms with Gasteiger partial charge in [0.25, 0.3) is 0 Å². The molecule has 0 bridgehead atoms. The van der Waals surface area contributed by atoms with Gasteiger partial charge in [0.1, 0.15) is 0 Å². The van der Waals surface area contributed by atoms with E-state index in [-0.39, 0.29) is 18.5 Å². The molecular weight excluding hydrogens is 270 g/mol. The highest BCUT2D eigenvalue weighted by Gasteiger charge is 2.15. The largest absolute Gasteiger partial charge is 0.392 e. The molecule has 3 N–H and O–H groups in total. The third kappa shape index (κ3) is 4.25. The zero-order valence-corrected chi connectivity index (χ0v) is 11.9. The van der Waals surface area contributed by atoms with Crippen LogP contribution in [0.3, 0.4) is 0 Å². The van der Waals surface area contributed by atoms with Gasteiger partial charge in [-0.2, -0.15) is 0 Å². The summed E-state index contributed by atoms with van der Waals surface area (Å²) in [7, 11) is 1.79. The quantitative estimate of drug-likeness (QED) is 0.811. The van der Waals surface area contributed by atoms with E-state index in [1.807, 2.05) is 13.0 Å². The molecule has 0 aromatic heterocycles. The molecule has 0 saturated heterocycles. The molecule has 1 unspecified atom stereocenters. The Morgan fingerprint density at radius 2 is 2.17 bits per heavy atom. The molecule has 1 aromatic carbocycles. The number of nitrogens with zero attached hydrogens (tertiary/aromatic N) is 1. The summed E-state index contributed by atoms with van der Waals surface area (Å²) in [6.07, 6.45) is 0. The van der Waals surface area contributed by atoms with Gasteiger partial charge >= 0.3 is 0 Å². The Bertz CT molecular complexity index is 453. The van der Waals surface area contributed by atoms with E-state index in [0.717, 1.165) is 0 Å². The lowest BCUT2D eigenvalue weighted by Gasteiger charge is -2.22. The number of halogens is 1. The lowest BCUT2D eigenvalue weighted by atomic mass is 10.3. The predicted molar refractivity (Wildman–Crippen MR) is 79.0 cm³/mol. The first kappa shape index (κ1) is 14.9. The number of rotatable bonds is 5. The third-order valence-corrected chi connectivity index (χ3v) is 3.28. The van der Waals surface area contributed by atoms with Crippen LogP contribution >= 0.6 is 23.8 Å². The minimum atomic E-state index is -0.159. The fourth-order valence-corrected chi connectivity index (χ4v) is 1.70. The number of hydrogen-bond donors (Lipinski definition) is 2. The van der Waals surface area contributed by atoms with E-state index in [1.54, 1.807) is 30.1 Å². The van der Waals surface area contributed by atoms with Gasteiger partial charge in [0, 0.05) is 0 Å². The molecule has 18 heavy (non-hydrogen) atoms. The second-order valence-electron chi connectivity index (χ2n) is 4.02. The van der Waals surface area contributed by atoms with Gasteiger partial charge < -0.3 is 11.1 Å². The summed E-state index contributed by atoms with van der Waals surface area (Å²) in [4.78, 5) is 13.9. The van der Waals surface area contributed by atoms with E-state index < -0.39 is 0 Å². The second-order valence-corrected chi connectivity index (χ2v) is 4.90. The van der Waals surface area contributed by atoms with Crippen molar-refractivity contribution in [1.29, 1.82) is 0 Å². The molecule has 0 aliphatic rings. The summed E-state index contributed by atoms with van der Waals surface area (Å²) < 4.78 is 0. The Kier molecular flexibility index (Phi) is 5.53. The summed E-state index contributed by atoms with van der Waals surface area (Å²) in [5.74, 6) is -0.159. The number of para-hydroxylation sites is 1. The van der Waals surface area contributed by atoms with Crippen LogP contribution < -0.4 is 11.1 Å². The molecule has 0 spiro atoms. The van der Waals surface area contributed by atoms with E-state index in [2.05, 4.69) is 5.32 Å². The average Bonchev–Trinajstić information content (AvgIpc) is 2.30. The van der Waals surface area contributed by atoms with Crippen LogP contribution in [0.15, 0.2) is 24.3 Å². The molecule has 0 aliphatic heterocycles. The smallest absolute Gasteiger partial charge is 0.238 e. The van der Waals surface area contributed by atoms with Gasteiger partial charge in [-0.15, -0.1) is 0 Å². The number of anilines is 1. The molecular formula is C12H16ClN3OS. The van der Waals surface area contributed by atoms with Crippen LogP contribution in [0.5, 0.6) is 0 Å². The summed E-state index contributed by atoms with van der Waals surface area (Å²) in [5.41, 5.74) is 6.12.